The molecule has 4 heteroatoms. The Kier molecular flexibility index (Phi) is 5.56. The van der Waals surface area contributed by atoms with Gasteiger partial charge in [-0.2, -0.15) is 0 Å². The van der Waals surface area contributed by atoms with Gasteiger partial charge in [-0.1, -0.05) is 0 Å². The van der Waals surface area contributed by atoms with Gasteiger partial charge in [-0.3, -0.25) is 0 Å². The first-order valence-corrected chi connectivity index (χ1v) is 3.21. The molecular weight excluding hydrogens is 138 g/mol. The highest BCUT2D eigenvalue weighted by atomic mass is 32.1. The quantitative estimate of drug-likeness (QED) is 0.437. The summed E-state index contributed by atoms with van der Waals surface area (Å²) in [6.45, 7) is 0.705. The van der Waals surface area contributed by atoms with Crippen molar-refractivity contribution in [2.24, 2.45) is 5.73 Å². The summed E-state index contributed by atoms with van der Waals surface area (Å²) in [4.78, 5) is 0. The molecule has 0 unspecified atom stereocenters. The Labute approximate surface area is 59.8 Å². The molecule has 0 saturated heterocycles. The van der Waals surface area contributed by atoms with Gasteiger partial charge >= 0.3 is 0 Å². The van der Waals surface area contributed by atoms with Gasteiger partial charge < -0.3 is 15.6 Å². The van der Waals surface area contributed by atoms with Crippen molar-refractivity contribution in [1.29, 1.82) is 0 Å². The molecule has 0 aromatic heterocycles. The number of thiocarbonyl (C=S) groups is 1. The second kappa shape index (κ2) is 5.78. The molecule has 0 atom stereocenters. The van der Waals surface area contributed by atoms with Crippen LogP contribution in [0, 0.1) is 0 Å². The van der Waals surface area contributed by atoms with Gasteiger partial charge in [0.2, 0.25) is 0 Å². The van der Waals surface area contributed by atoms with Crippen molar-refractivity contribution >= 4 is 17.4 Å². The van der Waals surface area contributed by atoms with E-state index in [0.29, 0.717) is 6.61 Å². The minimum Gasteiger partial charge on any atom is -0.471 e. The number of hydrogen-bond acceptors (Lipinski definition) is 3. The van der Waals surface area contributed by atoms with Gasteiger partial charge in [-0.05, 0) is 25.1 Å². The molecule has 0 heterocycles. The van der Waals surface area contributed by atoms with Crippen LogP contribution in [0.25, 0.3) is 0 Å². The molecule has 0 amide bonds. The van der Waals surface area contributed by atoms with E-state index in [-0.39, 0.29) is 11.8 Å². The Balaban J connectivity index is 2.83. The van der Waals surface area contributed by atoms with Crippen molar-refractivity contribution in [1.82, 2.24) is 0 Å². The molecule has 0 fully saturated rings. The number of hydrogen-bond donors (Lipinski definition) is 2. The summed E-state index contributed by atoms with van der Waals surface area (Å²) in [7, 11) is 0. The molecule has 0 aromatic rings. The Morgan fingerprint density at radius 2 is 2.22 bits per heavy atom. The first kappa shape index (κ1) is 8.65. The van der Waals surface area contributed by atoms with Crippen molar-refractivity contribution in [3.05, 3.63) is 0 Å². The van der Waals surface area contributed by atoms with Gasteiger partial charge in [0.25, 0.3) is 5.17 Å². The van der Waals surface area contributed by atoms with Gasteiger partial charge in [0.1, 0.15) is 0 Å². The molecule has 0 aromatic carbocycles. The summed E-state index contributed by atoms with van der Waals surface area (Å²) in [5.41, 5.74) is 5.02. The number of nitrogens with two attached hydrogens (primary N) is 1. The molecule has 0 aliphatic heterocycles. The van der Waals surface area contributed by atoms with E-state index < -0.39 is 0 Å². The number of rotatable bonds is 4. The summed E-state index contributed by atoms with van der Waals surface area (Å²) in [6, 6.07) is 0. The Bertz CT molecular complexity index is 87.0. The molecule has 0 rings (SSSR count). The van der Waals surface area contributed by atoms with Crippen LogP contribution in [0.15, 0.2) is 0 Å². The van der Waals surface area contributed by atoms with E-state index >= 15 is 0 Å². The highest BCUT2D eigenvalue weighted by Gasteiger charge is 1.87. The highest BCUT2D eigenvalue weighted by Crippen LogP contribution is 1.87. The summed E-state index contributed by atoms with van der Waals surface area (Å²) in [5.74, 6) is 0. The minimum absolute atomic E-state index is 0.0768. The average Bonchev–Trinajstić information content (AvgIpc) is 1.80. The summed E-state index contributed by atoms with van der Waals surface area (Å²) in [6.07, 6.45) is 1.54. The Morgan fingerprint density at radius 1 is 1.56 bits per heavy atom. The molecule has 54 valence electrons. The van der Waals surface area contributed by atoms with Crippen LogP contribution in [0.1, 0.15) is 12.8 Å². The number of unbranched alkanes of at least 4 members (excludes halogenated alkanes) is 1. The van der Waals surface area contributed by atoms with E-state index in [9.17, 15) is 0 Å². The van der Waals surface area contributed by atoms with Gasteiger partial charge in [-0.25, -0.2) is 0 Å². The predicted octanol–water partition coefficient (Wildman–Crippen LogP) is 0.0191. The van der Waals surface area contributed by atoms with Crippen LogP contribution in [-0.4, -0.2) is 23.5 Å². The van der Waals surface area contributed by atoms with Crippen LogP contribution >= 0.6 is 12.2 Å². The predicted molar refractivity (Wildman–Crippen MR) is 39.1 cm³/mol. The van der Waals surface area contributed by atoms with E-state index in [2.05, 4.69) is 12.2 Å². The fourth-order valence-corrected chi connectivity index (χ4v) is 0.470. The maximum atomic E-state index is 8.31. The van der Waals surface area contributed by atoms with Crippen LogP contribution in [-0.2, 0) is 4.74 Å². The molecule has 0 aliphatic carbocycles. The lowest BCUT2D eigenvalue weighted by Gasteiger charge is -2.00. The van der Waals surface area contributed by atoms with Gasteiger partial charge in [-0.15, -0.1) is 0 Å². The molecule has 3 nitrogen and oxygen atoms in total. The lowest BCUT2D eigenvalue weighted by atomic mass is 10.3. The standard InChI is InChI=1S/C5H11NO2S/c6-5(9)8-4-2-1-3-7/h7H,1-4H2,(H2,6,9). The molecule has 0 aliphatic rings. The van der Waals surface area contributed by atoms with E-state index in [1.807, 2.05) is 0 Å². The summed E-state index contributed by atoms with van der Waals surface area (Å²) in [5, 5.41) is 8.39. The molecule has 0 spiro atoms. The zero-order valence-electron chi connectivity index (χ0n) is 5.17. The minimum atomic E-state index is 0.0768. The van der Waals surface area contributed by atoms with Crippen molar-refractivity contribution in [3.8, 4) is 0 Å². The van der Waals surface area contributed by atoms with Crippen molar-refractivity contribution in [2.75, 3.05) is 13.2 Å². The van der Waals surface area contributed by atoms with Crippen molar-refractivity contribution in [2.45, 2.75) is 12.8 Å². The third-order valence-corrected chi connectivity index (χ3v) is 0.915. The zero-order chi connectivity index (χ0) is 7.11. The largest absolute Gasteiger partial charge is 0.471 e. The second-order valence-corrected chi connectivity index (χ2v) is 2.00. The Morgan fingerprint density at radius 3 is 2.67 bits per heavy atom. The maximum Gasteiger partial charge on any atom is 0.253 e. The lowest BCUT2D eigenvalue weighted by Crippen LogP contribution is -2.13. The number of aliphatic hydroxyl groups excluding tert-OH is 1. The average molecular weight is 149 g/mol. The first-order chi connectivity index (χ1) is 4.27. The lowest BCUT2D eigenvalue weighted by molar-refractivity contribution is 0.249. The molecule has 9 heavy (non-hydrogen) atoms. The molecular formula is C5H11NO2S. The molecule has 3 N–H and O–H groups in total. The maximum absolute atomic E-state index is 8.31. The van der Waals surface area contributed by atoms with Crippen molar-refractivity contribution < 1.29 is 9.84 Å². The number of aliphatic hydroxyl groups is 1. The molecule has 0 radical (unpaired) electrons. The van der Waals surface area contributed by atoms with Gasteiger partial charge in [0, 0.05) is 6.61 Å². The van der Waals surface area contributed by atoms with Crippen LogP contribution in [0.5, 0.6) is 0 Å². The van der Waals surface area contributed by atoms with Crippen LogP contribution in [0.3, 0.4) is 0 Å². The monoisotopic (exact) mass is 149 g/mol. The first-order valence-electron chi connectivity index (χ1n) is 2.80. The van der Waals surface area contributed by atoms with Crippen LogP contribution in [0.2, 0.25) is 0 Å². The fourth-order valence-electron chi connectivity index (χ4n) is 0.387. The SMILES string of the molecule is NC(=S)OCCCCO. The third kappa shape index (κ3) is 7.65. The molecule has 0 bridgehead atoms. The van der Waals surface area contributed by atoms with E-state index in [1.165, 1.54) is 0 Å². The fraction of sp³-hybridized carbons (Fsp3) is 0.800. The van der Waals surface area contributed by atoms with Crippen LogP contribution in [0.4, 0.5) is 0 Å². The number of ether oxygens (including phenoxy) is 1. The van der Waals surface area contributed by atoms with E-state index in [4.69, 9.17) is 15.6 Å². The second-order valence-electron chi connectivity index (χ2n) is 1.60. The van der Waals surface area contributed by atoms with E-state index in [0.717, 1.165) is 12.8 Å². The normalized spacial score (nSPS) is 9.00. The summed E-state index contributed by atoms with van der Waals surface area (Å²) >= 11 is 4.44. The van der Waals surface area contributed by atoms with Gasteiger partial charge in [0.15, 0.2) is 0 Å². The zero-order valence-corrected chi connectivity index (χ0v) is 5.99. The Hall–Kier alpha value is -0.350. The topological polar surface area (TPSA) is 55.5 Å². The van der Waals surface area contributed by atoms with Gasteiger partial charge in [0.05, 0.1) is 6.61 Å². The highest BCUT2D eigenvalue weighted by molar-refractivity contribution is 7.80. The third-order valence-electron chi connectivity index (χ3n) is 0.797. The van der Waals surface area contributed by atoms with Crippen LogP contribution < -0.4 is 5.73 Å². The smallest absolute Gasteiger partial charge is 0.253 e. The molecule has 0 saturated carbocycles. The van der Waals surface area contributed by atoms with Crippen molar-refractivity contribution in [3.63, 3.8) is 0 Å². The van der Waals surface area contributed by atoms with E-state index in [1.54, 1.807) is 0 Å². The summed E-state index contributed by atoms with van der Waals surface area (Å²) < 4.78 is 4.74.